The molecule has 0 aliphatic heterocycles. The first-order valence-electron chi connectivity index (χ1n) is 7.53. The van der Waals surface area contributed by atoms with Crippen LogP contribution in [-0.4, -0.2) is 18.2 Å². The molecule has 0 atom stereocenters. The fourth-order valence-corrected chi connectivity index (χ4v) is 2.33. The molecule has 0 fully saturated rings. The molecule has 0 unspecified atom stereocenters. The van der Waals surface area contributed by atoms with Crippen LogP contribution < -0.4 is 15.0 Å². The summed E-state index contributed by atoms with van der Waals surface area (Å²) in [6, 6.07) is 17.1. The topological polar surface area (TPSA) is 51.3 Å². The molecular weight excluding hydrogens is 309 g/mol. The van der Waals surface area contributed by atoms with Gasteiger partial charge in [-0.15, -0.1) is 0 Å². The molecule has 2 aromatic carbocycles. The molecule has 5 heteroatoms. The number of ether oxygens (including phenoxy) is 2. The summed E-state index contributed by atoms with van der Waals surface area (Å²) in [6.45, 7) is 0.549. The van der Waals surface area contributed by atoms with Gasteiger partial charge in [-0.05, 0) is 24.3 Å². The molecule has 0 saturated heterocycles. The third-order valence-corrected chi connectivity index (χ3v) is 3.42. The minimum atomic E-state index is -0.473. The first kappa shape index (κ1) is 15.8. The summed E-state index contributed by atoms with van der Waals surface area (Å²) < 4.78 is 25.2. The minimum absolute atomic E-state index is 0.176. The molecule has 1 heterocycles. The highest BCUT2D eigenvalue weighted by molar-refractivity contribution is 5.69. The number of rotatable bonds is 6. The quantitative estimate of drug-likeness (QED) is 0.704. The highest BCUT2D eigenvalue weighted by Crippen LogP contribution is 2.27. The van der Waals surface area contributed by atoms with Gasteiger partial charge in [-0.1, -0.05) is 36.4 Å². The average Bonchev–Trinajstić information content (AvgIpc) is 2.61. The molecule has 3 aromatic rings. The number of benzene rings is 2. The van der Waals surface area contributed by atoms with Crippen molar-refractivity contribution in [3.8, 4) is 22.6 Å². The van der Waals surface area contributed by atoms with E-state index in [0.29, 0.717) is 12.4 Å². The Bertz CT molecular complexity index is 862. The van der Waals surface area contributed by atoms with E-state index in [1.165, 1.54) is 12.3 Å². The number of halogens is 1. The Hall–Kier alpha value is -3.08. The van der Waals surface area contributed by atoms with Crippen molar-refractivity contribution in [2.24, 2.45) is 0 Å². The van der Waals surface area contributed by atoms with Gasteiger partial charge in [0.1, 0.15) is 30.5 Å². The summed E-state index contributed by atoms with van der Waals surface area (Å²) in [4.78, 5) is 14.7. The van der Waals surface area contributed by atoms with Crippen molar-refractivity contribution in [1.82, 2.24) is 4.98 Å². The lowest BCUT2D eigenvalue weighted by Crippen LogP contribution is -2.14. The summed E-state index contributed by atoms with van der Waals surface area (Å²) in [6.07, 6.45) is 1.47. The number of H-pyrrole nitrogens is 1. The number of nitrogens with one attached hydrogen (secondary N) is 1. The Balaban J connectivity index is 1.74. The molecule has 0 aliphatic rings. The Kier molecular flexibility index (Phi) is 4.91. The summed E-state index contributed by atoms with van der Waals surface area (Å²) in [7, 11) is 0. The van der Waals surface area contributed by atoms with Crippen LogP contribution in [0.3, 0.4) is 0 Å². The molecule has 122 valence electrons. The van der Waals surface area contributed by atoms with Gasteiger partial charge in [0.25, 0.3) is 5.56 Å². The lowest BCUT2D eigenvalue weighted by atomic mass is 10.1. The first-order chi connectivity index (χ1) is 11.8. The van der Waals surface area contributed by atoms with Gasteiger partial charge in [-0.3, -0.25) is 4.79 Å². The number of pyridine rings is 1. The first-order valence-corrected chi connectivity index (χ1v) is 7.53. The monoisotopic (exact) mass is 325 g/mol. The number of aromatic nitrogens is 1. The van der Waals surface area contributed by atoms with E-state index >= 15 is 0 Å². The van der Waals surface area contributed by atoms with Crippen molar-refractivity contribution < 1.29 is 13.9 Å². The van der Waals surface area contributed by atoms with E-state index in [0.717, 1.165) is 5.75 Å². The number of hydrogen-bond donors (Lipinski definition) is 1. The van der Waals surface area contributed by atoms with Gasteiger partial charge in [0, 0.05) is 11.8 Å². The predicted molar refractivity (Wildman–Crippen MR) is 89.9 cm³/mol. The molecule has 1 aromatic heterocycles. The van der Waals surface area contributed by atoms with E-state index in [4.69, 9.17) is 9.47 Å². The Morgan fingerprint density at radius 2 is 1.58 bits per heavy atom. The van der Waals surface area contributed by atoms with E-state index in [9.17, 15) is 9.18 Å². The molecule has 0 bridgehead atoms. The number of aromatic amines is 1. The maximum atomic E-state index is 14.0. The molecule has 0 aliphatic carbocycles. The van der Waals surface area contributed by atoms with Gasteiger partial charge >= 0.3 is 0 Å². The lowest BCUT2D eigenvalue weighted by molar-refractivity contribution is 0.217. The SMILES string of the molecule is O=c1[nH]ccc(OCCOc2ccccc2)c1-c1ccccc1F. The highest BCUT2D eigenvalue weighted by atomic mass is 19.1. The van der Waals surface area contributed by atoms with Gasteiger partial charge in [0.2, 0.25) is 0 Å². The zero-order valence-electron chi connectivity index (χ0n) is 12.9. The summed E-state index contributed by atoms with van der Waals surface area (Å²) in [5, 5.41) is 0. The van der Waals surface area contributed by atoms with Crippen molar-refractivity contribution in [3.05, 3.63) is 83.0 Å². The fraction of sp³-hybridized carbons (Fsp3) is 0.105. The Morgan fingerprint density at radius 3 is 2.38 bits per heavy atom. The third kappa shape index (κ3) is 3.63. The van der Waals surface area contributed by atoms with Crippen LogP contribution in [0.25, 0.3) is 11.1 Å². The summed E-state index contributed by atoms with van der Waals surface area (Å²) in [5.74, 6) is 0.585. The van der Waals surface area contributed by atoms with Crippen molar-refractivity contribution in [3.63, 3.8) is 0 Å². The van der Waals surface area contributed by atoms with Crippen molar-refractivity contribution >= 4 is 0 Å². The van der Waals surface area contributed by atoms with Crippen LogP contribution in [0.15, 0.2) is 71.7 Å². The van der Waals surface area contributed by atoms with Crippen LogP contribution in [0.2, 0.25) is 0 Å². The standard InChI is InChI=1S/C19H16FNO3/c20-16-9-5-4-8-15(16)18-17(10-11-21-19(18)22)24-13-12-23-14-6-2-1-3-7-14/h1-11H,12-13H2,(H,21,22). The van der Waals surface area contributed by atoms with Gasteiger partial charge < -0.3 is 14.5 Å². The van der Waals surface area contributed by atoms with Crippen LogP contribution in [0.5, 0.6) is 11.5 Å². The van der Waals surface area contributed by atoms with Gasteiger partial charge in [0.15, 0.2) is 0 Å². The number of para-hydroxylation sites is 1. The van der Waals surface area contributed by atoms with Crippen LogP contribution in [0, 0.1) is 5.82 Å². The minimum Gasteiger partial charge on any atom is -0.490 e. The molecular formula is C19H16FNO3. The molecule has 0 amide bonds. The summed E-state index contributed by atoms with van der Waals surface area (Å²) >= 11 is 0. The second-order valence-corrected chi connectivity index (χ2v) is 5.04. The van der Waals surface area contributed by atoms with Gasteiger partial charge in [0.05, 0.1) is 5.56 Å². The van der Waals surface area contributed by atoms with Crippen LogP contribution in [0.1, 0.15) is 0 Å². The van der Waals surface area contributed by atoms with Gasteiger partial charge in [-0.2, -0.15) is 0 Å². The van der Waals surface area contributed by atoms with Crippen LogP contribution >= 0.6 is 0 Å². The normalized spacial score (nSPS) is 10.4. The zero-order chi connectivity index (χ0) is 16.8. The fourth-order valence-electron chi connectivity index (χ4n) is 2.33. The lowest BCUT2D eigenvalue weighted by Gasteiger charge is -2.12. The second-order valence-electron chi connectivity index (χ2n) is 5.04. The molecule has 0 saturated carbocycles. The average molecular weight is 325 g/mol. The summed E-state index contributed by atoms with van der Waals surface area (Å²) in [5.41, 5.74) is -0.0183. The predicted octanol–water partition coefficient (Wildman–Crippen LogP) is 3.64. The maximum absolute atomic E-state index is 14.0. The highest BCUT2D eigenvalue weighted by Gasteiger charge is 2.14. The molecule has 0 radical (unpaired) electrons. The molecule has 0 spiro atoms. The largest absolute Gasteiger partial charge is 0.490 e. The van der Waals surface area contributed by atoms with Crippen molar-refractivity contribution in [2.45, 2.75) is 0 Å². The van der Waals surface area contributed by atoms with E-state index in [2.05, 4.69) is 4.98 Å². The Morgan fingerprint density at radius 1 is 0.875 bits per heavy atom. The van der Waals surface area contributed by atoms with Crippen LogP contribution in [-0.2, 0) is 0 Å². The molecule has 4 nitrogen and oxygen atoms in total. The van der Waals surface area contributed by atoms with Crippen LogP contribution in [0.4, 0.5) is 4.39 Å². The van der Waals surface area contributed by atoms with Crippen molar-refractivity contribution in [1.29, 1.82) is 0 Å². The smallest absolute Gasteiger partial charge is 0.259 e. The van der Waals surface area contributed by atoms with E-state index < -0.39 is 11.4 Å². The van der Waals surface area contributed by atoms with Crippen molar-refractivity contribution in [2.75, 3.05) is 13.2 Å². The zero-order valence-corrected chi connectivity index (χ0v) is 12.9. The van der Waals surface area contributed by atoms with E-state index in [1.807, 2.05) is 30.3 Å². The van der Waals surface area contributed by atoms with Gasteiger partial charge in [-0.25, -0.2) is 4.39 Å². The third-order valence-electron chi connectivity index (χ3n) is 3.42. The second kappa shape index (κ2) is 7.46. The molecule has 24 heavy (non-hydrogen) atoms. The van der Waals surface area contributed by atoms with E-state index in [-0.39, 0.29) is 17.7 Å². The van der Waals surface area contributed by atoms with E-state index in [1.54, 1.807) is 24.3 Å². The Labute approximate surface area is 138 Å². The molecule has 1 N–H and O–H groups in total. The maximum Gasteiger partial charge on any atom is 0.259 e. The number of hydrogen-bond acceptors (Lipinski definition) is 3. The molecule has 3 rings (SSSR count).